The van der Waals surface area contributed by atoms with E-state index in [1.807, 2.05) is 60.7 Å². The second kappa shape index (κ2) is 12.9. The Balaban J connectivity index is 1.61. The third-order valence-corrected chi connectivity index (χ3v) is 6.05. The number of amides is 1. The number of ether oxygens (including phenoxy) is 2. The van der Waals surface area contributed by atoms with Crippen molar-refractivity contribution < 1.29 is 19.4 Å². The molecule has 1 amide bonds. The maximum Gasteiger partial charge on any atom is 0.247 e. The van der Waals surface area contributed by atoms with Crippen molar-refractivity contribution in [1.82, 2.24) is 5.32 Å². The van der Waals surface area contributed by atoms with Crippen LogP contribution in [0.3, 0.4) is 0 Å². The first-order valence-corrected chi connectivity index (χ1v) is 12.2. The first kappa shape index (κ1) is 26.3. The summed E-state index contributed by atoms with van der Waals surface area (Å²) in [4.78, 5) is 13.6. The minimum atomic E-state index is -0.822. The topological polar surface area (TPSA) is 104 Å². The summed E-state index contributed by atoms with van der Waals surface area (Å²) in [6.45, 7) is 0.119. The van der Waals surface area contributed by atoms with Crippen LogP contribution in [-0.4, -0.2) is 24.7 Å². The third kappa shape index (κ3) is 6.69. The van der Waals surface area contributed by atoms with E-state index >= 15 is 0 Å². The molecular formula is C31H29N3O4. The van der Waals surface area contributed by atoms with E-state index in [0.29, 0.717) is 34.9 Å². The quantitative estimate of drug-likeness (QED) is 0.259. The minimum Gasteiger partial charge on any atom is -0.493 e. The highest BCUT2D eigenvalue weighted by molar-refractivity contribution is 5.86. The van der Waals surface area contributed by atoms with E-state index in [-0.39, 0.29) is 12.5 Å². The van der Waals surface area contributed by atoms with E-state index in [1.165, 1.54) is 0 Å². The second-order valence-electron chi connectivity index (χ2n) is 8.61. The Kier molecular flexibility index (Phi) is 8.95. The number of carbonyl (C=O) groups excluding carboxylic acids is 1. The number of rotatable bonds is 11. The van der Waals surface area contributed by atoms with Crippen molar-refractivity contribution in [2.24, 2.45) is 0 Å². The van der Waals surface area contributed by atoms with E-state index in [9.17, 15) is 9.90 Å². The summed E-state index contributed by atoms with van der Waals surface area (Å²) >= 11 is 0. The molecule has 7 nitrogen and oxygen atoms in total. The van der Waals surface area contributed by atoms with Gasteiger partial charge < -0.3 is 25.2 Å². The first-order chi connectivity index (χ1) is 18.6. The monoisotopic (exact) mass is 507 g/mol. The zero-order valence-electron chi connectivity index (χ0n) is 21.0. The highest BCUT2D eigenvalue weighted by Crippen LogP contribution is 2.33. The van der Waals surface area contributed by atoms with E-state index in [4.69, 9.17) is 14.7 Å². The fourth-order valence-corrected chi connectivity index (χ4v) is 4.00. The number of aliphatic hydroxyl groups is 1. The van der Waals surface area contributed by atoms with Crippen molar-refractivity contribution in [3.63, 3.8) is 0 Å². The number of anilines is 1. The standard InChI is InChI=1S/C31H29N3O4/c1-37-29-18-25(14-17-28(29)38-21-23-8-4-2-5-9-23)30(33-26-15-12-22(19-32)13-16-26)31(36)34-27(20-35)24-10-6-3-7-11-24/h2-18,27,30,33,35H,20-21H2,1H3,(H,34,36)/t27-,30+/m1/s1. The molecule has 0 fully saturated rings. The summed E-state index contributed by atoms with van der Waals surface area (Å²) in [5.74, 6) is 0.701. The molecule has 0 heterocycles. The van der Waals surface area contributed by atoms with Crippen molar-refractivity contribution in [3.8, 4) is 17.6 Å². The zero-order valence-corrected chi connectivity index (χ0v) is 21.0. The summed E-state index contributed by atoms with van der Waals surface area (Å²) in [5.41, 5.74) is 3.63. The van der Waals surface area contributed by atoms with Gasteiger partial charge in [0.25, 0.3) is 0 Å². The number of hydrogen-bond acceptors (Lipinski definition) is 6. The van der Waals surface area contributed by atoms with Gasteiger partial charge >= 0.3 is 0 Å². The molecular weight excluding hydrogens is 478 g/mol. The van der Waals surface area contributed by atoms with Gasteiger partial charge in [-0.1, -0.05) is 66.7 Å². The Morgan fingerprint density at radius 2 is 1.58 bits per heavy atom. The molecule has 4 aromatic carbocycles. The smallest absolute Gasteiger partial charge is 0.247 e. The molecule has 2 atom stereocenters. The van der Waals surface area contributed by atoms with Crippen LogP contribution in [0.2, 0.25) is 0 Å². The van der Waals surface area contributed by atoms with Crippen LogP contribution in [0, 0.1) is 11.3 Å². The predicted molar refractivity (Wildman–Crippen MR) is 146 cm³/mol. The fraction of sp³-hybridized carbons (Fsp3) is 0.161. The van der Waals surface area contributed by atoms with Crippen LogP contribution in [0.25, 0.3) is 0 Å². The number of aliphatic hydroxyl groups excluding tert-OH is 1. The van der Waals surface area contributed by atoms with Crippen LogP contribution in [0.15, 0.2) is 103 Å². The Morgan fingerprint density at radius 1 is 0.895 bits per heavy atom. The summed E-state index contributed by atoms with van der Waals surface area (Å²) < 4.78 is 11.6. The average molecular weight is 508 g/mol. The third-order valence-electron chi connectivity index (χ3n) is 6.05. The molecule has 0 aliphatic rings. The van der Waals surface area contributed by atoms with E-state index in [1.54, 1.807) is 49.6 Å². The normalized spacial score (nSPS) is 12.0. The Labute approximate surface area is 222 Å². The lowest BCUT2D eigenvalue weighted by atomic mass is 10.0. The van der Waals surface area contributed by atoms with Gasteiger partial charge in [-0.3, -0.25) is 4.79 Å². The maximum atomic E-state index is 13.6. The SMILES string of the molecule is COc1cc([C@H](Nc2ccc(C#N)cc2)C(=O)N[C@H](CO)c2ccccc2)ccc1OCc1ccccc1. The molecule has 3 N–H and O–H groups in total. The van der Waals surface area contributed by atoms with Crippen LogP contribution in [0.4, 0.5) is 5.69 Å². The van der Waals surface area contributed by atoms with Crippen molar-refractivity contribution in [3.05, 3.63) is 125 Å². The average Bonchev–Trinajstić information content (AvgIpc) is 2.98. The number of methoxy groups -OCH3 is 1. The van der Waals surface area contributed by atoms with Gasteiger partial charge in [0.05, 0.1) is 31.4 Å². The molecule has 0 spiro atoms. The van der Waals surface area contributed by atoms with Gasteiger partial charge in [0.1, 0.15) is 12.6 Å². The van der Waals surface area contributed by atoms with Gasteiger partial charge in [0, 0.05) is 5.69 Å². The van der Waals surface area contributed by atoms with Crippen LogP contribution < -0.4 is 20.1 Å². The van der Waals surface area contributed by atoms with Crippen molar-refractivity contribution in [2.45, 2.75) is 18.7 Å². The molecule has 0 saturated heterocycles. The van der Waals surface area contributed by atoms with Crippen molar-refractivity contribution >= 4 is 11.6 Å². The summed E-state index contributed by atoms with van der Waals surface area (Å²) in [6, 6.07) is 32.0. The minimum absolute atomic E-state index is 0.255. The molecule has 4 rings (SSSR count). The van der Waals surface area contributed by atoms with Gasteiger partial charge in [0.2, 0.25) is 5.91 Å². The lowest BCUT2D eigenvalue weighted by Gasteiger charge is -2.24. The van der Waals surface area contributed by atoms with Gasteiger partial charge in [-0.2, -0.15) is 5.26 Å². The number of nitrogens with one attached hydrogen (secondary N) is 2. The summed E-state index contributed by atoms with van der Waals surface area (Å²) in [7, 11) is 1.55. The van der Waals surface area contributed by atoms with Crippen molar-refractivity contribution in [2.75, 3.05) is 19.0 Å². The van der Waals surface area contributed by atoms with Crippen LogP contribution >= 0.6 is 0 Å². The largest absolute Gasteiger partial charge is 0.493 e. The zero-order chi connectivity index (χ0) is 26.7. The molecule has 38 heavy (non-hydrogen) atoms. The Bertz CT molecular complexity index is 1370. The lowest BCUT2D eigenvalue weighted by Crippen LogP contribution is -2.37. The summed E-state index contributed by atoms with van der Waals surface area (Å²) in [6.07, 6.45) is 0. The van der Waals surface area contributed by atoms with Gasteiger partial charge in [-0.25, -0.2) is 0 Å². The summed E-state index contributed by atoms with van der Waals surface area (Å²) in [5, 5.41) is 25.3. The van der Waals surface area contributed by atoms with E-state index in [2.05, 4.69) is 16.7 Å². The molecule has 0 aliphatic heterocycles. The van der Waals surface area contributed by atoms with Gasteiger partial charge in [-0.15, -0.1) is 0 Å². The highest BCUT2D eigenvalue weighted by atomic mass is 16.5. The number of benzene rings is 4. The maximum absolute atomic E-state index is 13.6. The molecule has 0 aromatic heterocycles. The Morgan fingerprint density at radius 3 is 2.21 bits per heavy atom. The van der Waals surface area contributed by atoms with E-state index < -0.39 is 12.1 Å². The molecule has 0 radical (unpaired) electrons. The molecule has 7 heteroatoms. The van der Waals surface area contributed by atoms with Gasteiger partial charge in [-0.05, 0) is 53.1 Å². The molecule has 0 bridgehead atoms. The number of nitrogens with zero attached hydrogens (tertiary/aromatic N) is 1. The Hall–Kier alpha value is -4.80. The second-order valence-corrected chi connectivity index (χ2v) is 8.61. The molecule has 192 valence electrons. The van der Waals surface area contributed by atoms with Crippen LogP contribution in [0.1, 0.15) is 34.3 Å². The molecule has 0 saturated carbocycles. The fourth-order valence-electron chi connectivity index (χ4n) is 4.00. The molecule has 0 aliphatic carbocycles. The lowest BCUT2D eigenvalue weighted by molar-refractivity contribution is -0.123. The first-order valence-electron chi connectivity index (χ1n) is 12.2. The number of nitriles is 1. The van der Waals surface area contributed by atoms with Crippen molar-refractivity contribution in [1.29, 1.82) is 5.26 Å². The van der Waals surface area contributed by atoms with Crippen LogP contribution in [0.5, 0.6) is 11.5 Å². The van der Waals surface area contributed by atoms with Gasteiger partial charge in [0.15, 0.2) is 11.5 Å². The highest BCUT2D eigenvalue weighted by Gasteiger charge is 2.25. The molecule has 0 unspecified atom stereocenters. The van der Waals surface area contributed by atoms with Crippen LogP contribution in [-0.2, 0) is 11.4 Å². The van der Waals surface area contributed by atoms with E-state index in [0.717, 1.165) is 11.1 Å². The number of carbonyl (C=O) groups is 1. The molecule has 4 aromatic rings. The number of hydrogen-bond donors (Lipinski definition) is 3. The predicted octanol–water partition coefficient (Wildman–Crippen LogP) is 5.15.